The summed E-state index contributed by atoms with van der Waals surface area (Å²) >= 11 is 0. The lowest BCUT2D eigenvalue weighted by Crippen LogP contribution is -2.12. The van der Waals surface area contributed by atoms with Gasteiger partial charge in [-0.25, -0.2) is 4.98 Å². The molecule has 6 nitrogen and oxygen atoms in total. The number of hydrogen-bond acceptors (Lipinski definition) is 6. The highest BCUT2D eigenvalue weighted by molar-refractivity contribution is 5.63. The predicted octanol–water partition coefficient (Wildman–Crippen LogP) is 3.96. The Morgan fingerprint density at radius 2 is 2.04 bits per heavy atom. The molecular weight excluding hydrogens is 338 g/mol. The van der Waals surface area contributed by atoms with E-state index < -0.39 is 0 Å². The van der Waals surface area contributed by atoms with E-state index in [0.29, 0.717) is 6.54 Å². The van der Waals surface area contributed by atoms with E-state index in [4.69, 9.17) is 15.5 Å². The first-order valence-corrected chi connectivity index (χ1v) is 9.11. The van der Waals surface area contributed by atoms with Gasteiger partial charge >= 0.3 is 0 Å². The molecule has 2 heterocycles. The topological polar surface area (TPSA) is 86.0 Å². The third-order valence-electron chi connectivity index (χ3n) is 4.42. The molecule has 0 aliphatic rings. The third kappa shape index (κ3) is 4.60. The minimum atomic E-state index is 0.141. The van der Waals surface area contributed by atoms with E-state index in [9.17, 15) is 0 Å². The van der Waals surface area contributed by atoms with Crippen LogP contribution in [0.1, 0.15) is 36.9 Å². The lowest BCUT2D eigenvalue weighted by atomic mass is 10.0. The average Bonchev–Trinajstić information content (AvgIpc) is 2.73. The summed E-state index contributed by atoms with van der Waals surface area (Å²) in [6, 6.07) is 10.1. The first kappa shape index (κ1) is 18.8. The number of pyridine rings is 1. The predicted molar refractivity (Wildman–Crippen MR) is 107 cm³/mol. The van der Waals surface area contributed by atoms with E-state index in [1.54, 1.807) is 25.7 Å². The van der Waals surface area contributed by atoms with E-state index in [2.05, 4.69) is 28.3 Å². The molecule has 0 bridgehead atoms. The number of aromatic nitrogens is 3. The maximum absolute atomic E-state index is 5.75. The van der Waals surface area contributed by atoms with Gasteiger partial charge in [0.25, 0.3) is 0 Å². The minimum Gasteiger partial charge on any atom is -0.496 e. The maximum Gasteiger partial charge on any atom is 0.145 e. The first-order chi connectivity index (χ1) is 13.2. The molecule has 1 atom stereocenters. The van der Waals surface area contributed by atoms with E-state index in [0.717, 1.165) is 46.8 Å². The standard InChI is InChI=1S/C21H25N5O/c1-3-5-18(17-6-4-9-23-12-17)25-21-14-24-13-19(26-21)15-7-8-16(11-22)20(10-15)27-2/h4,6-10,12-14,18H,3,5,11,22H2,1-2H3,(H,25,26). The Kier molecular flexibility index (Phi) is 6.33. The number of anilines is 1. The molecule has 0 aliphatic carbocycles. The van der Waals surface area contributed by atoms with E-state index in [1.807, 2.05) is 30.5 Å². The van der Waals surface area contributed by atoms with Gasteiger partial charge in [0.1, 0.15) is 11.6 Å². The van der Waals surface area contributed by atoms with Crippen molar-refractivity contribution in [3.05, 3.63) is 66.2 Å². The van der Waals surface area contributed by atoms with Gasteiger partial charge < -0.3 is 15.8 Å². The van der Waals surface area contributed by atoms with E-state index in [1.165, 1.54) is 0 Å². The summed E-state index contributed by atoms with van der Waals surface area (Å²) in [6.45, 7) is 2.60. The van der Waals surface area contributed by atoms with Gasteiger partial charge in [0.05, 0.1) is 31.2 Å². The lowest BCUT2D eigenvalue weighted by molar-refractivity contribution is 0.410. The molecule has 27 heavy (non-hydrogen) atoms. The molecule has 0 saturated carbocycles. The molecule has 0 amide bonds. The van der Waals surface area contributed by atoms with Crippen LogP contribution >= 0.6 is 0 Å². The summed E-state index contributed by atoms with van der Waals surface area (Å²) in [5, 5.41) is 3.49. The quantitative estimate of drug-likeness (QED) is 0.630. The highest BCUT2D eigenvalue weighted by Crippen LogP contribution is 2.27. The van der Waals surface area contributed by atoms with Gasteiger partial charge in [-0.15, -0.1) is 0 Å². The fourth-order valence-electron chi connectivity index (χ4n) is 3.02. The van der Waals surface area contributed by atoms with Crippen molar-refractivity contribution < 1.29 is 4.74 Å². The number of rotatable bonds is 8. The zero-order valence-corrected chi connectivity index (χ0v) is 15.7. The monoisotopic (exact) mass is 363 g/mol. The number of nitrogens with one attached hydrogen (secondary N) is 1. The van der Waals surface area contributed by atoms with Crippen molar-refractivity contribution in [1.82, 2.24) is 15.0 Å². The van der Waals surface area contributed by atoms with Gasteiger partial charge in [-0.05, 0) is 24.1 Å². The number of hydrogen-bond donors (Lipinski definition) is 2. The fourth-order valence-corrected chi connectivity index (χ4v) is 3.02. The Hall–Kier alpha value is -2.99. The zero-order chi connectivity index (χ0) is 19.1. The second-order valence-corrected chi connectivity index (χ2v) is 6.29. The summed E-state index contributed by atoms with van der Waals surface area (Å²) in [6.07, 6.45) is 9.20. The van der Waals surface area contributed by atoms with Crippen LogP contribution in [0.4, 0.5) is 5.82 Å². The van der Waals surface area contributed by atoms with Crippen LogP contribution in [0.5, 0.6) is 5.75 Å². The maximum atomic E-state index is 5.75. The Labute approximate surface area is 159 Å². The lowest BCUT2D eigenvalue weighted by Gasteiger charge is -2.19. The largest absolute Gasteiger partial charge is 0.496 e. The van der Waals surface area contributed by atoms with Crippen molar-refractivity contribution in [2.24, 2.45) is 5.73 Å². The molecule has 0 fully saturated rings. The van der Waals surface area contributed by atoms with Crippen LogP contribution in [-0.4, -0.2) is 22.1 Å². The summed E-state index contributed by atoms with van der Waals surface area (Å²) in [7, 11) is 1.64. The van der Waals surface area contributed by atoms with Gasteiger partial charge in [0.2, 0.25) is 0 Å². The average molecular weight is 363 g/mol. The Morgan fingerprint density at radius 1 is 1.15 bits per heavy atom. The molecule has 6 heteroatoms. The molecule has 3 N–H and O–H groups in total. The highest BCUT2D eigenvalue weighted by atomic mass is 16.5. The Balaban J connectivity index is 1.87. The summed E-state index contributed by atoms with van der Waals surface area (Å²) in [5.41, 5.74) is 9.57. The summed E-state index contributed by atoms with van der Waals surface area (Å²) in [5.74, 6) is 1.49. The molecule has 0 aliphatic heterocycles. The minimum absolute atomic E-state index is 0.141. The van der Waals surface area contributed by atoms with Crippen LogP contribution in [-0.2, 0) is 6.54 Å². The van der Waals surface area contributed by atoms with Crippen molar-refractivity contribution in [2.45, 2.75) is 32.4 Å². The second-order valence-electron chi connectivity index (χ2n) is 6.29. The fraction of sp³-hybridized carbons (Fsp3) is 0.286. The van der Waals surface area contributed by atoms with Crippen molar-refractivity contribution in [3.8, 4) is 17.0 Å². The number of methoxy groups -OCH3 is 1. The molecule has 0 spiro atoms. The van der Waals surface area contributed by atoms with Crippen LogP contribution in [0.25, 0.3) is 11.3 Å². The molecular formula is C21H25N5O. The van der Waals surface area contributed by atoms with Gasteiger partial charge in [-0.1, -0.05) is 31.5 Å². The van der Waals surface area contributed by atoms with Crippen molar-refractivity contribution in [3.63, 3.8) is 0 Å². The second kappa shape index (κ2) is 9.09. The summed E-state index contributed by atoms with van der Waals surface area (Å²) in [4.78, 5) is 13.3. The van der Waals surface area contributed by atoms with Crippen LogP contribution < -0.4 is 15.8 Å². The number of nitrogens with two attached hydrogens (primary N) is 1. The molecule has 1 unspecified atom stereocenters. The first-order valence-electron chi connectivity index (χ1n) is 9.11. The zero-order valence-electron chi connectivity index (χ0n) is 15.7. The normalized spacial score (nSPS) is 11.8. The molecule has 3 aromatic rings. The smallest absolute Gasteiger partial charge is 0.145 e. The van der Waals surface area contributed by atoms with Crippen LogP contribution in [0, 0.1) is 0 Å². The Bertz CT molecular complexity index is 869. The van der Waals surface area contributed by atoms with Gasteiger partial charge in [0.15, 0.2) is 0 Å². The van der Waals surface area contributed by atoms with Crippen LogP contribution in [0.15, 0.2) is 55.1 Å². The van der Waals surface area contributed by atoms with Gasteiger partial charge in [-0.2, -0.15) is 0 Å². The number of nitrogens with zero attached hydrogens (tertiary/aromatic N) is 3. The molecule has 140 valence electrons. The molecule has 3 rings (SSSR count). The Morgan fingerprint density at radius 3 is 2.74 bits per heavy atom. The third-order valence-corrected chi connectivity index (χ3v) is 4.42. The molecule has 2 aromatic heterocycles. The van der Waals surface area contributed by atoms with Crippen molar-refractivity contribution in [2.75, 3.05) is 12.4 Å². The summed E-state index contributed by atoms with van der Waals surface area (Å²) < 4.78 is 5.43. The van der Waals surface area contributed by atoms with Crippen LogP contribution in [0.3, 0.4) is 0 Å². The molecule has 0 saturated heterocycles. The highest BCUT2D eigenvalue weighted by Gasteiger charge is 2.13. The van der Waals surface area contributed by atoms with Gasteiger partial charge in [-0.3, -0.25) is 9.97 Å². The SMILES string of the molecule is CCCC(Nc1cncc(-c2ccc(CN)c(OC)c2)n1)c1cccnc1. The van der Waals surface area contributed by atoms with Gasteiger partial charge in [0, 0.05) is 30.1 Å². The van der Waals surface area contributed by atoms with Crippen molar-refractivity contribution in [1.29, 1.82) is 0 Å². The van der Waals surface area contributed by atoms with Crippen molar-refractivity contribution >= 4 is 5.82 Å². The van der Waals surface area contributed by atoms with Crippen LogP contribution in [0.2, 0.25) is 0 Å². The molecule has 1 aromatic carbocycles. The number of benzene rings is 1. The van der Waals surface area contributed by atoms with E-state index >= 15 is 0 Å². The molecule has 0 radical (unpaired) electrons. The number of ether oxygens (including phenoxy) is 1. The van der Waals surface area contributed by atoms with E-state index in [-0.39, 0.29) is 6.04 Å².